The van der Waals surface area contributed by atoms with Crippen molar-refractivity contribution in [3.8, 4) is 23.0 Å². The summed E-state index contributed by atoms with van der Waals surface area (Å²) in [7, 11) is 1.74. The Morgan fingerprint density at radius 2 is 1.11 bits per heavy atom. The third kappa shape index (κ3) is 3.11. The highest BCUT2D eigenvalue weighted by atomic mass is 16.7. The van der Waals surface area contributed by atoms with Crippen molar-refractivity contribution in [3.63, 3.8) is 0 Å². The Morgan fingerprint density at radius 1 is 0.643 bits per heavy atom. The van der Waals surface area contributed by atoms with E-state index in [0.717, 1.165) is 11.4 Å². The summed E-state index contributed by atoms with van der Waals surface area (Å²) >= 11 is 0. The van der Waals surface area contributed by atoms with Crippen LogP contribution >= 0.6 is 0 Å². The molecule has 0 saturated carbocycles. The van der Waals surface area contributed by atoms with Crippen LogP contribution in [0.2, 0.25) is 0 Å². The van der Waals surface area contributed by atoms with Crippen LogP contribution in [0.25, 0.3) is 0 Å². The second kappa shape index (κ2) is 6.65. The fraction of sp³-hybridized carbons (Fsp3) is 0.167. The van der Waals surface area contributed by atoms with E-state index in [4.69, 9.17) is 18.9 Å². The summed E-state index contributed by atoms with van der Waals surface area (Å²) in [6.07, 6.45) is 0. The Balaban J connectivity index is 1.40. The summed E-state index contributed by atoms with van der Waals surface area (Å²) in [6.45, 7) is 0.441. The smallest absolute Gasteiger partial charge is 0.233 e. The number of anilines is 5. The number of fused-ring (bicyclic) bond motifs is 2. The van der Waals surface area contributed by atoms with Crippen molar-refractivity contribution in [1.29, 1.82) is 0 Å². The number of aromatic nitrogens is 3. The van der Waals surface area contributed by atoms with E-state index in [9.17, 15) is 0 Å². The number of nitrogens with one attached hydrogen (secondary N) is 3. The molecule has 0 unspecified atom stereocenters. The molecule has 0 fully saturated rings. The number of benzene rings is 2. The predicted molar refractivity (Wildman–Crippen MR) is 101 cm³/mol. The Morgan fingerprint density at radius 3 is 1.61 bits per heavy atom. The minimum absolute atomic E-state index is 0.220. The summed E-state index contributed by atoms with van der Waals surface area (Å²) < 4.78 is 21.5. The lowest BCUT2D eigenvalue weighted by atomic mass is 10.3. The van der Waals surface area contributed by atoms with Crippen LogP contribution in [0.4, 0.5) is 29.2 Å². The van der Waals surface area contributed by atoms with E-state index in [1.165, 1.54) is 0 Å². The first-order valence-corrected chi connectivity index (χ1v) is 8.54. The molecule has 0 spiro atoms. The van der Waals surface area contributed by atoms with Gasteiger partial charge in [0.15, 0.2) is 23.0 Å². The Bertz CT molecular complexity index is 967. The Kier molecular flexibility index (Phi) is 3.86. The van der Waals surface area contributed by atoms with Gasteiger partial charge in [0.2, 0.25) is 31.4 Å². The van der Waals surface area contributed by atoms with Gasteiger partial charge in [0.25, 0.3) is 0 Å². The summed E-state index contributed by atoms with van der Waals surface area (Å²) in [5.74, 6) is 3.94. The quantitative estimate of drug-likeness (QED) is 0.611. The molecule has 1 aromatic heterocycles. The third-order valence-corrected chi connectivity index (χ3v) is 4.12. The molecule has 10 nitrogen and oxygen atoms in total. The van der Waals surface area contributed by atoms with Gasteiger partial charge in [-0.2, -0.15) is 15.0 Å². The van der Waals surface area contributed by atoms with Crippen molar-refractivity contribution >= 4 is 29.2 Å². The molecule has 3 aromatic rings. The van der Waals surface area contributed by atoms with Gasteiger partial charge < -0.3 is 34.9 Å². The second-order valence-electron chi connectivity index (χ2n) is 5.94. The van der Waals surface area contributed by atoms with Crippen LogP contribution in [0.1, 0.15) is 0 Å². The average Bonchev–Trinajstić information content (AvgIpc) is 3.36. The van der Waals surface area contributed by atoms with E-state index >= 15 is 0 Å². The molecule has 3 heterocycles. The standard InChI is InChI=1S/C18H16N6O4/c1-19-16-22-17(20-10-2-4-12-14(6-10)27-8-25-12)24-18(23-16)21-11-3-5-13-15(7-11)28-9-26-13/h2-7H,8-9H2,1H3,(H3,19,20,21,22,23,24). The van der Waals surface area contributed by atoms with Crippen molar-refractivity contribution < 1.29 is 18.9 Å². The maximum absolute atomic E-state index is 5.40. The van der Waals surface area contributed by atoms with Gasteiger partial charge in [0.1, 0.15) is 0 Å². The summed E-state index contributed by atoms with van der Waals surface area (Å²) in [5, 5.41) is 9.24. The second-order valence-corrected chi connectivity index (χ2v) is 5.94. The number of nitrogens with zero attached hydrogens (tertiary/aromatic N) is 3. The maximum atomic E-state index is 5.40. The highest BCUT2D eigenvalue weighted by Crippen LogP contribution is 2.36. The van der Waals surface area contributed by atoms with Gasteiger partial charge >= 0.3 is 0 Å². The summed E-state index contributed by atoms with van der Waals surface area (Å²) in [4.78, 5) is 13.1. The van der Waals surface area contributed by atoms with Gasteiger partial charge in [-0.25, -0.2) is 0 Å². The predicted octanol–water partition coefficient (Wildman–Crippen LogP) is 2.86. The summed E-state index contributed by atoms with van der Waals surface area (Å²) in [6, 6.07) is 11.0. The number of hydrogen-bond donors (Lipinski definition) is 3. The highest BCUT2D eigenvalue weighted by molar-refractivity contribution is 5.64. The van der Waals surface area contributed by atoms with Gasteiger partial charge in [0.05, 0.1) is 0 Å². The molecule has 0 bridgehead atoms. The number of rotatable bonds is 5. The zero-order chi connectivity index (χ0) is 18.9. The normalized spacial score (nSPS) is 13.3. The van der Waals surface area contributed by atoms with E-state index in [1.807, 2.05) is 36.4 Å². The molecule has 2 aliphatic heterocycles. The van der Waals surface area contributed by atoms with Crippen molar-refractivity contribution in [2.45, 2.75) is 0 Å². The topological polar surface area (TPSA) is 112 Å². The molecule has 0 radical (unpaired) electrons. The molecule has 28 heavy (non-hydrogen) atoms. The number of hydrogen-bond acceptors (Lipinski definition) is 10. The van der Waals surface area contributed by atoms with Crippen molar-refractivity contribution in [2.75, 3.05) is 36.6 Å². The fourth-order valence-electron chi connectivity index (χ4n) is 2.81. The zero-order valence-electron chi connectivity index (χ0n) is 14.9. The summed E-state index contributed by atoms with van der Waals surface area (Å²) in [5.41, 5.74) is 1.54. The highest BCUT2D eigenvalue weighted by Gasteiger charge is 2.16. The molecule has 2 aliphatic rings. The first-order chi connectivity index (χ1) is 13.8. The fourth-order valence-corrected chi connectivity index (χ4v) is 2.81. The van der Waals surface area contributed by atoms with Gasteiger partial charge in [-0.05, 0) is 24.3 Å². The average molecular weight is 380 g/mol. The third-order valence-electron chi connectivity index (χ3n) is 4.12. The molecule has 0 saturated heterocycles. The van der Waals surface area contributed by atoms with Crippen LogP contribution in [0.15, 0.2) is 36.4 Å². The van der Waals surface area contributed by atoms with E-state index in [-0.39, 0.29) is 13.6 Å². The van der Waals surface area contributed by atoms with Crippen molar-refractivity contribution in [3.05, 3.63) is 36.4 Å². The molecular formula is C18H16N6O4. The van der Waals surface area contributed by atoms with Crippen LogP contribution in [-0.2, 0) is 0 Å². The largest absolute Gasteiger partial charge is 0.454 e. The molecule has 142 valence electrons. The molecule has 2 aromatic carbocycles. The van der Waals surface area contributed by atoms with Crippen LogP contribution in [0.5, 0.6) is 23.0 Å². The minimum Gasteiger partial charge on any atom is -0.454 e. The number of ether oxygens (including phenoxy) is 4. The van der Waals surface area contributed by atoms with Crippen LogP contribution in [-0.4, -0.2) is 35.6 Å². The van der Waals surface area contributed by atoms with Gasteiger partial charge in [-0.3, -0.25) is 0 Å². The molecule has 5 rings (SSSR count). The Labute approximate surface area is 159 Å². The van der Waals surface area contributed by atoms with Crippen molar-refractivity contribution in [1.82, 2.24) is 15.0 Å². The minimum atomic E-state index is 0.220. The van der Waals surface area contributed by atoms with Crippen molar-refractivity contribution in [2.24, 2.45) is 0 Å². The molecular weight excluding hydrogens is 364 g/mol. The maximum Gasteiger partial charge on any atom is 0.233 e. The molecule has 0 amide bonds. The van der Waals surface area contributed by atoms with E-state index in [2.05, 4.69) is 30.9 Å². The first-order valence-electron chi connectivity index (χ1n) is 8.54. The zero-order valence-corrected chi connectivity index (χ0v) is 14.9. The van der Waals surface area contributed by atoms with E-state index in [0.29, 0.717) is 40.8 Å². The monoisotopic (exact) mass is 380 g/mol. The van der Waals surface area contributed by atoms with Crippen LogP contribution < -0.4 is 34.9 Å². The van der Waals surface area contributed by atoms with Gasteiger partial charge in [0, 0.05) is 30.6 Å². The lowest BCUT2D eigenvalue weighted by Crippen LogP contribution is -2.07. The van der Waals surface area contributed by atoms with Gasteiger partial charge in [-0.15, -0.1) is 0 Å². The van der Waals surface area contributed by atoms with E-state index < -0.39 is 0 Å². The first kappa shape index (κ1) is 16.2. The molecule has 10 heteroatoms. The van der Waals surface area contributed by atoms with Crippen LogP contribution in [0.3, 0.4) is 0 Å². The lowest BCUT2D eigenvalue weighted by molar-refractivity contribution is 0.173. The SMILES string of the molecule is CNc1nc(Nc2ccc3c(c2)OCO3)nc(Nc2ccc3c(c2)OCO3)n1. The molecule has 3 N–H and O–H groups in total. The lowest BCUT2D eigenvalue weighted by Gasteiger charge is -2.11. The molecule has 0 aliphatic carbocycles. The Hall–Kier alpha value is -3.95. The van der Waals surface area contributed by atoms with E-state index in [1.54, 1.807) is 7.05 Å². The van der Waals surface area contributed by atoms with Gasteiger partial charge in [-0.1, -0.05) is 0 Å². The van der Waals surface area contributed by atoms with Crippen LogP contribution in [0, 0.1) is 0 Å². The molecule has 0 atom stereocenters.